The molecule has 3 aromatic rings. The van der Waals surface area contributed by atoms with E-state index in [-0.39, 0.29) is 13.0 Å². The Morgan fingerprint density at radius 2 is 1.63 bits per heavy atom. The van der Waals surface area contributed by atoms with Crippen LogP contribution in [0.15, 0.2) is 78.9 Å². The van der Waals surface area contributed by atoms with Crippen molar-refractivity contribution in [2.75, 3.05) is 0 Å². The van der Waals surface area contributed by atoms with E-state index in [4.69, 9.17) is 21.1 Å². The minimum absolute atomic E-state index is 0.144. The molecule has 0 radical (unpaired) electrons. The van der Waals surface area contributed by atoms with E-state index in [2.05, 4.69) is 0 Å². The van der Waals surface area contributed by atoms with E-state index in [1.54, 1.807) is 18.2 Å². The summed E-state index contributed by atoms with van der Waals surface area (Å²) in [5.74, 6) is 0.190. The quantitative estimate of drug-likeness (QED) is 0.571. The molecule has 138 valence electrons. The van der Waals surface area contributed by atoms with Crippen LogP contribution in [0.3, 0.4) is 0 Å². The normalized spacial score (nSPS) is 11.7. The summed E-state index contributed by atoms with van der Waals surface area (Å²) in [4.78, 5) is 11.7. The zero-order valence-electron chi connectivity index (χ0n) is 14.5. The minimum Gasteiger partial charge on any atom is -0.479 e. The fourth-order valence-corrected chi connectivity index (χ4v) is 2.81. The summed E-state index contributed by atoms with van der Waals surface area (Å²) in [5, 5.41) is 10.1. The molecule has 27 heavy (non-hydrogen) atoms. The molecule has 1 atom stereocenters. The smallest absolute Gasteiger partial charge is 0.333 e. The molecule has 0 amide bonds. The molecule has 0 saturated heterocycles. The molecule has 0 aliphatic rings. The lowest BCUT2D eigenvalue weighted by Gasteiger charge is -2.17. The van der Waals surface area contributed by atoms with Crippen molar-refractivity contribution in [1.29, 1.82) is 0 Å². The van der Waals surface area contributed by atoms with Crippen molar-refractivity contribution in [2.24, 2.45) is 0 Å². The average Bonchev–Trinajstić information content (AvgIpc) is 2.68. The van der Waals surface area contributed by atoms with Gasteiger partial charge in [0.05, 0.1) is 6.61 Å². The molecule has 0 fully saturated rings. The first kappa shape index (κ1) is 19.0. The summed E-state index contributed by atoms with van der Waals surface area (Å²) in [6.07, 6.45) is -0.868. The van der Waals surface area contributed by atoms with Crippen LogP contribution in [0.2, 0.25) is 5.02 Å². The highest BCUT2D eigenvalue weighted by molar-refractivity contribution is 6.30. The van der Waals surface area contributed by atoms with Crippen molar-refractivity contribution in [3.05, 3.63) is 95.0 Å². The van der Waals surface area contributed by atoms with Crippen LogP contribution in [-0.4, -0.2) is 17.2 Å². The molecular formula is C22H19ClO4. The number of carboxylic acids is 1. The van der Waals surface area contributed by atoms with Crippen LogP contribution < -0.4 is 4.74 Å². The molecule has 0 bridgehead atoms. The first-order valence-electron chi connectivity index (χ1n) is 8.51. The molecule has 0 saturated carbocycles. The maximum atomic E-state index is 11.7. The molecule has 1 N–H and O–H groups in total. The Bertz CT molecular complexity index is 881. The van der Waals surface area contributed by atoms with Gasteiger partial charge >= 0.3 is 5.97 Å². The monoisotopic (exact) mass is 382 g/mol. The Labute approximate surface area is 162 Å². The van der Waals surface area contributed by atoms with E-state index in [0.717, 1.165) is 5.56 Å². The van der Waals surface area contributed by atoms with Crippen molar-refractivity contribution in [2.45, 2.75) is 19.1 Å². The Balaban J connectivity index is 1.76. The van der Waals surface area contributed by atoms with Gasteiger partial charge in [-0.2, -0.15) is 0 Å². The summed E-state index contributed by atoms with van der Waals surface area (Å²) in [5.41, 5.74) is 1.59. The molecule has 0 heterocycles. The van der Waals surface area contributed by atoms with Gasteiger partial charge < -0.3 is 14.6 Å². The Kier molecular flexibility index (Phi) is 6.47. The van der Waals surface area contributed by atoms with E-state index < -0.39 is 12.1 Å². The largest absolute Gasteiger partial charge is 0.479 e. The van der Waals surface area contributed by atoms with Crippen LogP contribution in [0.25, 0.3) is 0 Å². The Hall–Kier alpha value is -2.82. The third kappa shape index (κ3) is 5.58. The highest BCUT2D eigenvalue weighted by Gasteiger charge is 2.21. The summed E-state index contributed by atoms with van der Waals surface area (Å²) in [7, 11) is 0. The second kappa shape index (κ2) is 9.21. The number of carboxylic acid groups (broad SMARTS) is 1. The summed E-state index contributed by atoms with van der Waals surface area (Å²) in [6.45, 7) is 0.216. The minimum atomic E-state index is -1.03. The molecule has 4 nitrogen and oxygen atoms in total. The molecular weight excluding hydrogens is 364 g/mol. The number of ether oxygens (including phenoxy) is 2. The number of halogens is 1. The van der Waals surface area contributed by atoms with Crippen LogP contribution in [0, 0.1) is 0 Å². The fraction of sp³-hybridized carbons (Fsp3) is 0.136. The third-order valence-electron chi connectivity index (χ3n) is 3.97. The van der Waals surface area contributed by atoms with Crippen molar-refractivity contribution < 1.29 is 19.4 Å². The van der Waals surface area contributed by atoms with E-state index >= 15 is 0 Å². The summed E-state index contributed by atoms with van der Waals surface area (Å²) < 4.78 is 11.5. The number of aliphatic carboxylic acids is 1. The lowest BCUT2D eigenvalue weighted by molar-refractivity contribution is -0.151. The van der Waals surface area contributed by atoms with Crippen molar-refractivity contribution in [3.8, 4) is 11.5 Å². The number of hydrogen-bond acceptors (Lipinski definition) is 3. The van der Waals surface area contributed by atoms with E-state index in [9.17, 15) is 9.90 Å². The number of rotatable bonds is 8. The molecule has 0 spiro atoms. The van der Waals surface area contributed by atoms with Crippen molar-refractivity contribution in [3.63, 3.8) is 0 Å². The van der Waals surface area contributed by atoms with Gasteiger partial charge in [0.15, 0.2) is 6.10 Å². The van der Waals surface area contributed by atoms with E-state index in [1.165, 1.54) is 0 Å². The third-order valence-corrected chi connectivity index (χ3v) is 4.20. The number of benzene rings is 3. The maximum Gasteiger partial charge on any atom is 0.333 e. The van der Waals surface area contributed by atoms with Crippen LogP contribution in [0.4, 0.5) is 0 Å². The lowest BCUT2D eigenvalue weighted by Crippen LogP contribution is -2.26. The predicted molar refractivity (Wildman–Crippen MR) is 104 cm³/mol. The van der Waals surface area contributed by atoms with E-state index in [0.29, 0.717) is 22.1 Å². The second-order valence-corrected chi connectivity index (χ2v) is 6.43. The zero-order chi connectivity index (χ0) is 19.1. The molecule has 5 heteroatoms. The average molecular weight is 383 g/mol. The van der Waals surface area contributed by atoms with Gasteiger partial charge in [-0.1, -0.05) is 60.1 Å². The van der Waals surface area contributed by atoms with Crippen molar-refractivity contribution >= 4 is 17.6 Å². The van der Waals surface area contributed by atoms with Crippen LogP contribution >= 0.6 is 11.6 Å². The van der Waals surface area contributed by atoms with Gasteiger partial charge in [-0.25, -0.2) is 4.79 Å². The number of para-hydroxylation sites is 1. The molecule has 0 unspecified atom stereocenters. The van der Waals surface area contributed by atoms with Gasteiger partial charge in [-0.05, 0) is 41.5 Å². The second-order valence-electron chi connectivity index (χ2n) is 5.99. The van der Waals surface area contributed by atoms with Gasteiger partial charge in [0.25, 0.3) is 0 Å². The summed E-state index contributed by atoms with van der Waals surface area (Å²) >= 11 is 6.11. The van der Waals surface area contributed by atoms with Crippen LogP contribution in [-0.2, 0) is 22.6 Å². The highest BCUT2D eigenvalue weighted by Crippen LogP contribution is 2.29. The van der Waals surface area contributed by atoms with Gasteiger partial charge in [-0.3, -0.25) is 0 Å². The standard InChI is InChI=1S/C22H19ClO4/c23-18-11-12-20(27-19-9-5-2-6-10-19)17(13-18)14-21(22(24)25)26-15-16-7-3-1-4-8-16/h1-13,21H,14-15H2,(H,24,25)/t21-/m0/s1. The first-order valence-corrected chi connectivity index (χ1v) is 8.89. The molecule has 3 aromatic carbocycles. The Morgan fingerprint density at radius 1 is 0.963 bits per heavy atom. The predicted octanol–water partition coefficient (Wildman–Crippen LogP) is 5.34. The van der Waals surface area contributed by atoms with Crippen molar-refractivity contribution in [1.82, 2.24) is 0 Å². The molecule has 3 rings (SSSR count). The van der Waals surface area contributed by atoms with Crippen LogP contribution in [0.5, 0.6) is 11.5 Å². The molecule has 0 aliphatic heterocycles. The van der Waals surface area contributed by atoms with Gasteiger partial charge in [0.1, 0.15) is 11.5 Å². The highest BCUT2D eigenvalue weighted by atomic mass is 35.5. The SMILES string of the molecule is O=C(O)[C@H](Cc1cc(Cl)ccc1Oc1ccccc1)OCc1ccccc1. The maximum absolute atomic E-state index is 11.7. The topological polar surface area (TPSA) is 55.8 Å². The Morgan fingerprint density at radius 3 is 2.30 bits per heavy atom. The first-order chi connectivity index (χ1) is 13.1. The zero-order valence-corrected chi connectivity index (χ0v) is 15.3. The molecule has 0 aromatic heterocycles. The summed E-state index contributed by atoms with van der Waals surface area (Å²) in [6, 6.07) is 23.9. The van der Waals surface area contributed by atoms with Gasteiger partial charge in [-0.15, -0.1) is 0 Å². The van der Waals surface area contributed by atoms with Gasteiger partial charge in [0.2, 0.25) is 0 Å². The lowest BCUT2D eigenvalue weighted by atomic mass is 10.1. The van der Waals surface area contributed by atoms with Crippen LogP contribution in [0.1, 0.15) is 11.1 Å². The fourth-order valence-electron chi connectivity index (χ4n) is 2.61. The number of carbonyl (C=O) groups is 1. The molecule has 0 aliphatic carbocycles. The number of hydrogen-bond donors (Lipinski definition) is 1. The van der Waals surface area contributed by atoms with Gasteiger partial charge in [0, 0.05) is 11.4 Å². The van der Waals surface area contributed by atoms with E-state index in [1.807, 2.05) is 60.7 Å².